The summed E-state index contributed by atoms with van der Waals surface area (Å²) in [5.74, 6) is 0.505. The molecule has 2 rings (SSSR count). The number of nitrogens with zero attached hydrogens (tertiary/aromatic N) is 4. The maximum atomic E-state index is 5.76. The number of rotatable bonds is 1. The zero-order valence-electron chi connectivity index (χ0n) is 8.40. The van der Waals surface area contributed by atoms with Crippen LogP contribution in [0.2, 0.25) is 0 Å². The lowest BCUT2D eigenvalue weighted by molar-refractivity contribution is 0.543. The number of halogens is 1. The molecule has 0 bridgehead atoms. The molecule has 80 valence electrons. The molecule has 0 spiro atoms. The fraction of sp³-hybridized carbons (Fsp3) is 0.375. The SMILES string of the molecule is CC(C)n1nc(Br)c2c(N)nc(N)nc21. The van der Waals surface area contributed by atoms with Crippen LogP contribution in [0.1, 0.15) is 19.9 Å². The van der Waals surface area contributed by atoms with E-state index in [0.717, 1.165) is 0 Å². The van der Waals surface area contributed by atoms with Crippen molar-refractivity contribution in [3.05, 3.63) is 4.60 Å². The third-order valence-electron chi connectivity index (χ3n) is 2.04. The van der Waals surface area contributed by atoms with E-state index in [1.807, 2.05) is 13.8 Å². The van der Waals surface area contributed by atoms with Gasteiger partial charge in [0, 0.05) is 6.04 Å². The minimum Gasteiger partial charge on any atom is -0.383 e. The molecule has 0 radical (unpaired) electrons. The van der Waals surface area contributed by atoms with Gasteiger partial charge in [-0.25, -0.2) is 4.68 Å². The van der Waals surface area contributed by atoms with Crippen molar-refractivity contribution in [3.8, 4) is 0 Å². The Labute approximate surface area is 94.8 Å². The fourth-order valence-electron chi connectivity index (χ4n) is 1.40. The number of anilines is 2. The molecule has 2 aromatic heterocycles. The Kier molecular flexibility index (Phi) is 2.26. The first-order valence-corrected chi connectivity index (χ1v) is 5.26. The average molecular weight is 271 g/mol. The van der Waals surface area contributed by atoms with E-state index >= 15 is 0 Å². The molecule has 4 N–H and O–H groups in total. The van der Waals surface area contributed by atoms with Crippen LogP contribution in [0.3, 0.4) is 0 Å². The van der Waals surface area contributed by atoms with Crippen molar-refractivity contribution in [3.63, 3.8) is 0 Å². The van der Waals surface area contributed by atoms with Crippen LogP contribution in [0.4, 0.5) is 11.8 Å². The van der Waals surface area contributed by atoms with E-state index < -0.39 is 0 Å². The van der Waals surface area contributed by atoms with Crippen LogP contribution in [0.15, 0.2) is 4.60 Å². The summed E-state index contributed by atoms with van der Waals surface area (Å²) >= 11 is 3.33. The van der Waals surface area contributed by atoms with Gasteiger partial charge >= 0.3 is 0 Å². The number of nitrogen functional groups attached to an aromatic ring is 2. The molecule has 0 saturated carbocycles. The van der Waals surface area contributed by atoms with Crippen LogP contribution < -0.4 is 11.5 Å². The molecule has 0 fully saturated rings. The highest BCUT2D eigenvalue weighted by Gasteiger charge is 2.16. The van der Waals surface area contributed by atoms with Gasteiger partial charge in [-0.1, -0.05) is 0 Å². The van der Waals surface area contributed by atoms with E-state index in [0.29, 0.717) is 21.5 Å². The van der Waals surface area contributed by atoms with Crippen molar-refractivity contribution in [2.75, 3.05) is 11.5 Å². The van der Waals surface area contributed by atoms with E-state index in [4.69, 9.17) is 11.5 Å². The molecule has 7 heteroatoms. The normalized spacial score (nSPS) is 11.5. The molecule has 0 unspecified atom stereocenters. The summed E-state index contributed by atoms with van der Waals surface area (Å²) in [6.07, 6.45) is 0. The molecule has 0 saturated heterocycles. The van der Waals surface area contributed by atoms with Crippen LogP contribution >= 0.6 is 15.9 Å². The smallest absolute Gasteiger partial charge is 0.224 e. The first-order chi connectivity index (χ1) is 7.00. The van der Waals surface area contributed by atoms with Gasteiger partial charge in [-0.05, 0) is 29.8 Å². The van der Waals surface area contributed by atoms with Gasteiger partial charge in [-0.15, -0.1) is 0 Å². The predicted octanol–water partition coefficient (Wildman–Crippen LogP) is 1.33. The summed E-state index contributed by atoms with van der Waals surface area (Å²) in [6, 6.07) is 0.187. The first-order valence-electron chi connectivity index (χ1n) is 4.47. The Balaban J connectivity index is 2.87. The monoisotopic (exact) mass is 270 g/mol. The van der Waals surface area contributed by atoms with Crippen LogP contribution in [0, 0.1) is 0 Å². The molecule has 0 aliphatic carbocycles. The molecular formula is C8H11BrN6. The summed E-state index contributed by atoms with van der Waals surface area (Å²) in [7, 11) is 0. The molecule has 0 aromatic carbocycles. The van der Waals surface area contributed by atoms with Crippen LogP contribution in [-0.2, 0) is 0 Å². The fourth-order valence-corrected chi connectivity index (χ4v) is 1.95. The first kappa shape index (κ1) is 10.2. The molecule has 0 aliphatic rings. The average Bonchev–Trinajstić information content (AvgIpc) is 2.42. The Morgan fingerprint density at radius 2 is 1.93 bits per heavy atom. The van der Waals surface area contributed by atoms with E-state index in [1.54, 1.807) is 4.68 Å². The quantitative estimate of drug-likeness (QED) is 0.815. The molecule has 2 heterocycles. The van der Waals surface area contributed by atoms with Crippen molar-refractivity contribution in [1.29, 1.82) is 0 Å². The lowest BCUT2D eigenvalue weighted by Crippen LogP contribution is -2.06. The van der Waals surface area contributed by atoms with Crippen molar-refractivity contribution >= 4 is 38.7 Å². The summed E-state index contributed by atoms with van der Waals surface area (Å²) in [6.45, 7) is 4.01. The van der Waals surface area contributed by atoms with Crippen molar-refractivity contribution in [2.45, 2.75) is 19.9 Å². The van der Waals surface area contributed by atoms with Gasteiger partial charge in [0.1, 0.15) is 10.4 Å². The van der Waals surface area contributed by atoms with E-state index in [-0.39, 0.29) is 12.0 Å². The second kappa shape index (κ2) is 3.34. The molecular weight excluding hydrogens is 260 g/mol. The lowest BCUT2D eigenvalue weighted by Gasteiger charge is -2.06. The van der Waals surface area contributed by atoms with Crippen LogP contribution in [0.5, 0.6) is 0 Å². The number of fused-ring (bicyclic) bond motifs is 1. The summed E-state index contributed by atoms with van der Waals surface area (Å²) in [4.78, 5) is 8.03. The third-order valence-corrected chi connectivity index (χ3v) is 2.60. The molecule has 2 aromatic rings. The van der Waals surface area contributed by atoms with E-state index in [1.165, 1.54) is 0 Å². The van der Waals surface area contributed by atoms with E-state index in [9.17, 15) is 0 Å². The minimum absolute atomic E-state index is 0.161. The number of aromatic nitrogens is 4. The highest BCUT2D eigenvalue weighted by molar-refractivity contribution is 9.10. The van der Waals surface area contributed by atoms with Crippen molar-refractivity contribution < 1.29 is 0 Å². The highest BCUT2D eigenvalue weighted by atomic mass is 79.9. The maximum absolute atomic E-state index is 5.76. The third kappa shape index (κ3) is 1.52. The Morgan fingerprint density at radius 1 is 1.27 bits per heavy atom. The topological polar surface area (TPSA) is 95.6 Å². The predicted molar refractivity (Wildman–Crippen MR) is 62.2 cm³/mol. The van der Waals surface area contributed by atoms with Crippen molar-refractivity contribution in [2.24, 2.45) is 0 Å². The van der Waals surface area contributed by atoms with Gasteiger partial charge in [0.05, 0.1) is 5.39 Å². The molecule has 0 aliphatic heterocycles. The second-order valence-electron chi connectivity index (χ2n) is 3.49. The number of hydrogen-bond donors (Lipinski definition) is 2. The maximum Gasteiger partial charge on any atom is 0.224 e. The largest absolute Gasteiger partial charge is 0.383 e. The van der Waals surface area contributed by atoms with Gasteiger partial charge < -0.3 is 11.5 Å². The number of hydrogen-bond acceptors (Lipinski definition) is 5. The van der Waals surface area contributed by atoms with E-state index in [2.05, 4.69) is 31.0 Å². The summed E-state index contributed by atoms with van der Waals surface area (Å²) in [5.41, 5.74) is 12.0. The van der Waals surface area contributed by atoms with Gasteiger partial charge in [-0.3, -0.25) is 0 Å². The Morgan fingerprint density at radius 3 is 2.53 bits per heavy atom. The number of nitrogens with two attached hydrogens (primary N) is 2. The van der Waals surface area contributed by atoms with Gasteiger partial charge in [0.25, 0.3) is 0 Å². The minimum atomic E-state index is 0.161. The molecule has 0 atom stereocenters. The van der Waals surface area contributed by atoms with Gasteiger partial charge in [-0.2, -0.15) is 15.1 Å². The Hall–Kier alpha value is -1.37. The molecule has 15 heavy (non-hydrogen) atoms. The zero-order valence-corrected chi connectivity index (χ0v) is 9.98. The van der Waals surface area contributed by atoms with Gasteiger partial charge in [0.2, 0.25) is 5.95 Å². The Bertz CT molecular complexity index is 517. The molecule has 6 nitrogen and oxygen atoms in total. The highest BCUT2D eigenvalue weighted by Crippen LogP contribution is 2.28. The summed E-state index contributed by atoms with van der Waals surface area (Å²) in [5, 5.41) is 4.99. The zero-order chi connectivity index (χ0) is 11.2. The second-order valence-corrected chi connectivity index (χ2v) is 4.25. The summed E-state index contributed by atoms with van der Waals surface area (Å²) < 4.78 is 2.40. The van der Waals surface area contributed by atoms with Crippen LogP contribution in [-0.4, -0.2) is 19.7 Å². The standard InChI is InChI=1S/C8H11BrN6/c1-3(2)15-7-4(5(9)14-15)6(10)12-8(11)13-7/h3H,1-2H3,(H4,10,11,12,13). The lowest BCUT2D eigenvalue weighted by atomic mass is 10.3. The van der Waals surface area contributed by atoms with Crippen molar-refractivity contribution in [1.82, 2.24) is 19.7 Å². The van der Waals surface area contributed by atoms with Gasteiger partial charge in [0.15, 0.2) is 5.65 Å². The van der Waals surface area contributed by atoms with Crippen LogP contribution in [0.25, 0.3) is 11.0 Å². The molecule has 0 amide bonds.